The predicted octanol–water partition coefficient (Wildman–Crippen LogP) is 1.39. The number of imidazole rings is 1. The van der Waals surface area contributed by atoms with E-state index < -0.39 is 5.69 Å². The average molecular weight is 450 g/mol. The van der Waals surface area contributed by atoms with Crippen molar-refractivity contribution in [2.75, 3.05) is 13.1 Å². The molecule has 2 fully saturated rings. The summed E-state index contributed by atoms with van der Waals surface area (Å²) in [4.78, 5) is 31.1. The zero-order valence-electron chi connectivity index (χ0n) is 17.4. The maximum absolute atomic E-state index is 11.5. The van der Waals surface area contributed by atoms with Gasteiger partial charge < -0.3 is 10.1 Å². The van der Waals surface area contributed by atoms with E-state index in [4.69, 9.17) is 9.98 Å². The molecule has 0 aromatic carbocycles. The number of hydrogen-bond acceptors (Lipinski definition) is 7. The molecule has 6 rings (SSSR count). The fourth-order valence-electron chi connectivity index (χ4n) is 4.08. The normalized spacial score (nSPS) is 18.4. The minimum Gasteiger partial charge on any atom is -0.493 e. The minimum absolute atomic E-state index is 0.210. The van der Waals surface area contributed by atoms with Crippen molar-refractivity contribution in [3.05, 3.63) is 56.2 Å². The van der Waals surface area contributed by atoms with Crippen LogP contribution in [-0.4, -0.2) is 53.7 Å². The van der Waals surface area contributed by atoms with Gasteiger partial charge in [-0.05, 0) is 57.0 Å². The lowest BCUT2D eigenvalue weighted by atomic mass is 10.3. The summed E-state index contributed by atoms with van der Waals surface area (Å²) in [5.41, 5.74) is 2.09. The third-order valence-corrected chi connectivity index (χ3v) is 6.96. The number of nitrogens with zero attached hydrogens (tertiary/aromatic N) is 5. The molecule has 5 heterocycles. The quantitative estimate of drug-likeness (QED) is 0.426. The zero-order valence-corrected chi connectivity index (χ0v) is 18.2. The molecule has 4 aromatic heterocycles. The Bertz CT molecular complexity index is 1470. The topological polar surface area (TPSA) is 115 Å². The van der Waals surface area contributed by atoms with Crippen LogP contribution in [0.3, 0.4) is 0 Å². The van der Waals surface area contributed by atoms with Crippen LogP contribution in [0.4, 0.5) is 0 Å². The van der Waals surface area contributed by atoms with Crippen LogP contribution < -0.4 is 16.4 Å². The van der Waals surface area contributed by atoms with E-state index in [9.17, 15) is 9.90 Å². The van der Waals surface area contributed by atoms with Crippen LogP contribution in [0.1, 0.15) is 36.3 Å². The minimum atomic E-state index is -0.465. The third kappa shape index (κ3) is 3.76. The summed E-state index contributed by atoms with van der Waals surface area (Å²) >= 11 is 1.76. The van der Waals surface area contributed by atoms with E-state index in [0.29, 0.717) is 22.6 Å². The SMILES string of the molecule is O=c1[nH]c(O)c(C=c2cnn3c(=NC4CC4)cc(-c4ccc(CN5CCCC5)s4)nc23)[nH]1. The van der Waals surface area contributed by atoms with E-state index in [-0.39, 0.29) is 5.88 Å². The molecule has 0 radical (unpaired) electrons. The standard InChI is InChI=1S/C22H23N7O2S/c30-21-17(26-22(31)27-21)9-13-11-23-29-19(24-14-3-4-14)10-16(25-20(13)29)18-6-5-15(32-18)12-28-7-1-2-8-28/h5-6,9-11,14,30H,1-4,7-8,12H2,(H2,26,27,31). The van der Waals surface area contributed by atoms with E-state index >= 15 is 0 Å². The summed E-state index contributed by atoms with van der Waals surface area (Å²) in [6, 6.07) is 6.66. The molecule has 0 spiro atoms. The van der Waals surface area contributed by atoms with Gasteiger partial charge in [0.05, 0.1) is 22.8 Å². The molecule has 4 aromatic rings. The second-order valence-corrected chi connectivity index (χ2v) is 9.60. The molecule has 9 nitrogen and oxygen atoms in total. The highest BCUT2D eigenvalue weighted by molar-refractivity contribution is 7.15. The van der Waals surface area contributed by atoms with Crippen LogP contribution in [0.25, 0.3) is 22.3 Å². The maximum atomic E-state index is 11.5. The molecule has 1 aliphatic heterocycles. The third-order valence-electron chi connectivity index (χ3n) is 5.87. The summed E-state index contributed by atoms with van der Waals surface area (Å²) < 4.78 is 1.73. The first-order valence-corrected chi connectivity index (χ1v) is 11.7. The fraction of sp³-hybridized carbons (Fsp3) is 0.364. The molecule has 0 amide bonds. The molecule has 32 heavy (non-hydrogen) atoms. The highest BCUT2D eigenvalue weighted by atomic mass is 32.1. The second-order valence-electron chi connectivity index (χ2n) is 8.43. The van der Waals surface area contributed by atoms with Crippen LogP contribution in [0, 0.1) is 0 Å². The molecule has 3 N–H and O–H groups in total. The monoisotopic (exact) mass is 449 g/mol. The van der Waals surface area contributed by atoms with E-state index in [2.05, 4.69) is 32.1 Å². The molecule has 1 aliphatic carbocycles. The Balaban J connectivity index is 1.46. The van der Waals surface area contributed by atoms with Gasteiger partial charge in [-0.15, -0.1) is 11.3 Å². The Morgan fingerprint density at radius 2 is 2.09 bits per heavy atom. The lowest BCUT2D eigenvalue weighted by Gasteiger charge is -2.12. The summed E-state index contributed by atoms with van der Waals surface area (Å²) in [6.07, 6.45) is 8.10. The maximum Gasteiger partial charge on any atom is 0.326 e. The Kier molecular flexibility index (Phi) is 4.69. The number of aromatic nitrogens is 5. The van der Waals surface area contributed by atoms with Crippen molar-refractivity contribution in [1.82, 2.24) is 29.5 Å². The molecule has 0 atom stereocenters. The highest BCUT2D eigenvalue weighted by Gasteiger charge is 2.21. The van der Waals surface area contributed by atoms with Crippen molar-refractivity contribution in [3.8, 4) is 16.5 Å². The number of thiophene rings is 1. The zero-order chi connectivity index (χ0) is 21.7. The first-order valence-electron chi connectivity index (χ1n) is 10.9. The van der Waals surface area contributed by atoms with Crippen LogP contribution >= 0.6 is 11.3 Å². The first-order chi connectivity index (χ1) is 15.6. The molecule has 2 aliphatic rings. The van der Waals surface area contributed by atoms with E-state index in [1.165, 1.54) is 30.8 Å². The molecular formula is C22H23N7O2S. The van der Waals surface area contributed by atoms with Gasteiger partial charge in [-0.2, -0.15) is 9.61 Å². The Morgan fingerprint density at radius 1 is 1.25 bits per heavy atom. The number of rotatable bonds is 5. The molecule has 0 unspecified atom stereocenters. The summed E-state index contributed by atoms with van der Waals surface area (Å²) in [6.45, 7) is 3.33. The van der Waals surface area contributed by atoms with Crippen LogP contribution in [0.5, 0.6) is 5.88 Å². The predicted molar refractivity (Wildman–Crippen MR) is 121 cm³/mol. The second kappa shape index (κ2) is 7.72. The van der Waals surface area contributed by atoms with Crippen molar-refractivity contribution < 1.29 is 5.11 Å². The number of nitrogens with one attached hydrogen (secondary N) is 2. The Labute approximate surface area is 186 Å². The molecule has 164 valence electrons. The summed E-state index contributed by atoms with van der Waals surface area (Å²) in [5, 5.41) is 15.1. The van der Waals surface area contributed by atoms with Crippen molar-refractivity contribution in [2.24, 2.45) is 4.99 Å². The summed E-state index contributed by atoms with van der Waals surface area (Å²) in [5.74, 6) is -0.210. The van der Waals surface area contributed by atoms with Gasteiger partial charge in [0.2, 0.25) is 5.88 Å². The van der Waals surface area contributed by atoms with E-state index in [1.54, 1.807) is 28.1 Å². The summed E-state index contributed by atoms with van der Waals surface area (Å²) in [7, 11) is 0. The van der Waals surface area contributed by atoms with Gasteiger partial charge in [-0.1, -0.05) is 0 Å². The smallest absolute Gasteiger partial charge is 0.326 e. The van der Waals surface area contributed by atoms with Gasteiger partial charge in [0, 0.05) is 22.7 Å². The molecule has 10 heteroatoms. The molecule has 0 bridgehead atoms. The Hall–Kier alpha value is -3.24. The first kappa shape index (κ1) is 19.4. The number of aromatic amines is 2. The van der Waals surface area contributed by atoms with Gasteiger partial charge in [-0.25, -0.2) is 9.78 Å². The number of fused-ring (bicyclic) bond motifs is 1. The van der Waals surface area contributed by atoms with Crippen molar-refractivity contribution >= 4 is 23.1 Å². The van der Waals surface area contributed by atoms with Crippen LogP contribution in [0.15, 0.2) is 34.2 Å². The highest BCUT2D eigenvalue weighted by Crippen LogP contribution is 2.28. The number of likely N-dealkylation sites (tertiary alicyclic amines) is 1. The Morgan fingerprint density at radius 3 is 2.84 bits per heavy atom. The van der Waals surface area contributed by atoms with E-state index in [0.717, 1.165) is 35.4 Å². The number of H-pyrrole nitrogens is 2. The van der Waals surface area contributed by atoms with Gasteiger partial charge in [0.15, 0.2) is 11.1 Å². The van der Waals surface area contributed by atoms with Gasteiger partial charge in [-0.3, -0.25) is 14.9 Å². The average Bonchev–Trinajstić information content (AvgIpc) is 3.17. The largest absolute Gasteiger partial charge is 0.493 e. The van der Waals surface area contributed by atoms with Gasteiger partial charge in [0.25, 0.3) is 0 Å². The fourth-order valence-corrected chi connectivity index (χ4v) is 5.09. The molecule has 1 saturated heterocycles. The van der Waals surface area contributed by atoms with Crippen LogP contribution in [0.2, 0.25) is 0 Å². The number of aromatic hydroxyl groups is 1. The van der Waals surface area contributed by atoms with E-state index in [1.807, 2.05) is 6.07 Å². The molecule has 1 saturated carbocycles. The lowest BCUT2D eigenvalue weighted by Crippen LogP contribution is -2.19. The van der Waals surface area contributed by atoms with Crippen molar-refractivity contribution in [3.63, 3.8) is 0 Å². The van der Waals surface area contributed by atoms with Crippen molar-refractivity contribution in [2.45, 2.75) is 38.3 Å². The molecular weight excluding hydrogens is 426 g/mol. The van der Waals surface area contributed by atoms with Gasteiger partial charge in [0.1, 0.15) is 5.69 Å². The van der Waals surface area contributed by atoms with Gasteiger partial charge >= 0.3 is 5.69 Å². The van der Waals surface area contributed by atoms with Crippen molar-refractivity contribution in [1.29, 1.82) is 0 Å². The number of hydrogen-bond donors (Lipinski definition) is 3. The lowest BCUT2D eigenvalue weighted by molar-refractivity contribution is 0.334. The van der Waals surface area contributed by atoms with Crippen LogP contribution in [-0.2, 0) is 6.54 Å².